The van der Waals surface area contributed by atoms with Gasteiger partial charge in [-0.3, -0.25) is 4.99 Å². The fourth-order valence-corrected chi connectivity index (χ4v) is 1.49. The molecule has 22 heavy (non-hydrogen) atoms. The summed E-state index contributed by atoms with van der Waals surface area (Å²) in [5, 5.41) is 16.8. The second-order valence-corrected chi connectivity index (χ2v) is 4.19. The number of nitrogens with one attached hydrogen (secondary N) is 3. The van der Waals surface area contributed by atoms with Crippen molar-refractivity contribution in [2.75, 3.05) is 30.3 Å². The minimum absolute atomic E-state index is 0.859. The highest BCUT2D eigenvalue weighted by molar-refractivity contribution is 5.94. The molecule has 0 fully saturated rings. The number of guanidine groups is 1. The Bertz CT molecular complexity index is 515. The predicted molar refractivity (Wildman–Crippen MR) is 78.2 cm³/mol. The molecule has 6 nitrogen and oxygen atoms in total. The van der Waals surface area contributed by atoms with E-state index in [1.54, 1.807) is 0 Å². The first-order chi connectivity index (χ1) is 10.3. The van der Waals surface area contributed by atoms with Crippen LogP contribution in [0.3, 0.4) is 0 Å². The van der Waals surface area contributed by atoms with Crippen molar-refractivity contribution >= 4 is 23.3 Å². The average molecular weight is 318 g/mol. The Labute approximate surface area is 125 Å². The Hall–Kier alpha value is -2.45. The SMILES string of the molecule is CCNc1ccc(NC2=NCCN2)cc1.O=C(O)C(F)(F)F. The lowest BCUT2D eigenvalue weighted by Gasteiger charge is -2.08. The van der Waals surface area contributed by atoms with Crippen LogP contribution < -0.4 is 16.0 Å². The van der Waals surface area contributed by atoms with E-state index >= 15 is 0 Å². The monoisotopic (exact) mass is 318 g/mol. The number of nitrogens with zero attached hydrogens (tertiary/aromatic N) is 1. The standard InChI is InChI=1S/C11H16N4.C2HF3O2/c1-2-12-9-3-5-10(6-4-9)15-11-13-7-8-14-11;3-2(4,5)1(6)7/h3-6,12H,2,7-8H2,1H3,(H2,13,14,15);(H,6,7). The zero-order chi connectivity index (χ0) is 16.6. The highest BCUT2D eigenvalue weighted by atomic mass is 19.4. The van der Waals surface area contributed by atoms with E-state index in [9.17, 15) is 13.2 Å². The predicted octanol–water partition coefficient (Wildman–Crippen LogP) is 2.12. The van der Waals surface area contributed by atoms with Gasteiger partial charge in [0.1, 0.15) is 0 Å². The van der Waals surface area contributed by atoms with Crippen LogP contribution in [-0.2, 0) is 4.79 Å². The van der Waals surface area contributed by atoms with Crippen LogP contribution in [0.25, 0.3) is 0 Å². The molecular formula is C13H17F3N4O2. The number of carboxylic acid groups (broad SMARTS) is 1. The topological polar surface area (TPSA) is 85.8 Å². The molecular weight excluding hydrogens is 301 g/mol. The van der Waals surface area contributed by atoms with Gasteiger partial charge >= 0.3 is 12.1 Å². The third-order valence-electron chi connectivity index (χ3n) is 2.45. The quantitative estimate of drug-likeness (QED) is 0.686. The van der Waals surface area contributed by atoms with Crippen LogP contribution in [0.1, 0.15) is 6.92 Å². The van der Waals surface area contributed by atoms with E-state index in [4.69, 9.17) is 9.90 Å². The maximum absolute atomic E-state index is 10.6. The molecule has 0 saturated carbocycles. The van der Waals surface area contributed by atoms with Gasteiger partial charge in [-0.05, 0) is 31.2 Å². The van der Waals surface area contributed by atoms with Gasteiger partial charge in [-0.1, -0.05) is 0 Å². The normalized spacial score (nSPS) is 13.4. The van der Waals surface area contributed by atoms with Gasteiger partial charge in [0, 0.05) is 24.5 Å². The molecule has 0 unspecified atom stereocenters. The molecule has 1 aliphatic rings. The highest BCUT2D eigenvalue weighted by Crippen LogP contribution is 2.13. The van der Waals surface area contributed by atoms with Gasteiger partial charge < -0.3 is 21.1 Å². The Morgan fingerprint density at radius 1 is 1.32 bits per heavy atom. The first-order valence-electron chi connectivity index (χ1n) is 6.52. The number of anilines is 2. The number of rotatable bonds is 3. The zero-order valence-corrected chi connectivity index (χ0v) is 11.9. The molecule has 0 spiro atoms. The van der Waals surface area contributed by atoms with Crippen molar-refractivity contribution in [1.29, 1.82) is 0 Å². The van der Waals surface area contributed by atoms with Crippen LogP contribution in [-0.4, -0.2) is 42.8 Å². The first kappa shape index (κ1) is 17.6. The molecule has 0 bridgehead atoms. The van der Waals surface area contributed by atoms with Crippen molar-refractivity contribution < 1.29 is 23.1 Å². The molecule has 2 rings (SSSR count). The molecule has 0 radical (unpaired) electrons. The number of benzene rings is 1. The molecule has 0 amide bonds. The molecule has 1 aliphatic heterocycles. The number of hydrogen-bond donors (Lipinski definition) is 4. The van der Waals surface area contributed by atoms with Crippen LogP contribution in [0.4, 0.5) is 24.5 Å². The van der Waals surface area contributed by atoms with Gasteiger partial charge in [0.05, 0.1) is 6.54 Å². The van der Waals surface area contributed by atoms with E-state index in [1.165, 1.54) is 0 Å². The summed E-state index contributed by atoms with van der Waals surface area (Å²) in [4.78, 5) is 13.2. The fraction of sp³-hybridized carbons (Fsp3) is 0.385. The van der Waals surface area contributed by atoms with Gasteiger partial charge in [0.25, 0.3) is 0 Å². The van der Waals surface area contributed by atoms with Gasteiger partial charge in [0.15, 0.2) is 5.96 Å². The Balaban J connectivity index is 0.000000295. The molecule has 122 valence electrons. The minimum Gasteiger partial charge on any atom is -0.475 e. The van der Waals surface area contributed by atoms with E-state index in [0.717, 1.165) is 37.0 Å². The minimum atomic E-state index is -5.08. The lowest BCUT2D eigenvalue weighted by atomic mass is 10.3. The van der Waals surface area contributed by atoms with Gasteiger partial charge in [-0.2, -0.15) is 13.2 Å². The van der Waals surface area contributed by atoms with Crippen LogP contribution in [0.15, 0.2) is 29.3 Å². The molecule has 0 aromatic heterocycles. The number of carbonyl (C=O) groups is 1. The summed E-state index contributed by atoms with van der Waals surface area (Å²) in [5.41, 5.74) is 2.20. The van der Waals surface area contributed by atoms with E-state index in [2.05, 4.69) is 40.0 Å². The maximum Gasteiger partial charge on any atom is 0.490 e. The van der Waals surface area contributed by atoms with Crippen molar-refractivity contribution in [1.82, 2.24) is 5.32 Å². The number of alkyl halides is 3. The molecule has 1 aromatic rings. The van der Waals surface area contributed by atoms with E-state index in [1.807, 2.05) is 12.1 Å². The Morgan fingerprint density at radius 3 is 2.27 bits per heavy atom. The highest BCUT2D eigenvalue weighted by Gasteiger charge is 2.38. The van der Waals surface area contributed by atoms with E-state index < -0.39 is 12.1 Å². The van der Waals surface area contributed by atoms with Crippen LogP contribution >= 0.6 is 0 Å². The molecule has 1 heterocycles. The summed E-state index contributed by atoms with van der Waals surface area (Å²) in [6, 6.07) is 8.20. The molecule has 0 atom stereocenters. The third kappa shape index (κ3) is 6.33. The fourth-order valence-electron chi connectivity index (χ4n) is 1.49. The van der Waals surface area contributed by atoms with E-state index in [-0.39, 0.29) is 0 Å². The van der Waals surface area contributed by atoms with Crippen molar-refractivity contribution in [3.63, 3.8) is 0 Å². The van der Waals surface area contributed by atoms with Gasteiger partial charge in [-0.25, -0.2) is 4.79 Å². The smallest absolute Gasteiger partial charge is 0.475 e. The number of carboxylic acids is 1. The Morgan fingerprint density at radius 2 is 1.86 bits per heavy atom. The lowest BCUT2D eigenvalue weighted by Crippen LogP contribution is -2.26. The number of aliphatic carboxylic acids is 1. The maximum atomic E-state index is 10.6. The molecule has 9 heteroatoms. The summed E-state index contributed by atoms with van der Waals surface area (Å²) >= 11 is 0. The third-order valence-corrected chi connectivity index (χ3v) is 2.45. The number of halogens is 3. The Kier molecular flexibility index (Phi) is 6.48. The number of hydrogen-bond acceptors (Lipinski definition) is 5. The first-order valence-corrected chi connectivity index (χ1v) is 6.52. The molecule has 0 saturated heterocycles. The second-order valence-electron chi connectivity index (χ2n) is 4.19. The molecule has 1 aromatic carbocycles. The summed E-state index contributed by atoms with van der Waals surface area (Å²) in [6.45, 7) is 4.82. The van der Waals surface area contributed by atoms with E-state index in [0.29, 0.717) is 0 Å². The van der Waals surface area contributed by atoms with Crippen LogP contribution in [0, 0.1) is 0 Å². The van der Waals surface area contributed by atoms with Gasteiger partial charge in [-0.15, -0.1) is 0 Å². The van der Waals surface area contributed by atoms with Crippen molar-refractivity contribution in [2.45, 2.75) is 13.1 Å². The summed E-state index contributed by atoms with van der Waals surface area (Å²) in [5.74, 6) is -1.89. The van der Waals surface area contributed by atoms with Crippen LogP contribution in [0.2, 0.25) is 0 Å². The summed E-state index contributed by atoms with van der Waals surface area (Å²) in [7, 11) is 0. The molecule has 4 N–H and O–H groups in total. The zero-order valence-electron chi connectivity index (χ0n) is 11.9. The lowest BCUT2D eigenvalue weighted by molar-refractivity contribution is -0.192. The largest absolute Gasteiger partial charge is 0.490 e. The summed E-state index contributed by atoms with van der Waals surface area (Å²) < 4.78 is 31.7. The van der Waals surface area contributed by atoms with Crippen molar-refractivity contribution in [2.24, 2.45) is 4.99 Å². The molecule has 0 aliphatic carbocycles. The van der Waals surface area contributed by atoms with Crippen LogP contribution in [0.5, 0.6) is 0 Å². The second kappa shape index (κ2) is 8.11. The van der Waals surface area contributed by atoms with Crippen molar-refractivity contribution in [3.8, 4) is 0 Å². The van der Waals surface area contributed by atoms with Crippen molar-refractivity contribution in [3.05, 3.63) is 24.3 Å². The van der Waals surface area contributed by atoms with Gasteiger partial charge in [0.2, 0.25) is 0 Å². The average Bonchev–Trinajstić information content (AvgIpc) is 2.94. The number of aliphatic imine (C=N–C) groups is 1. The summed E-state index contributed by atoms with van der Waals surface area (Å²) in [6.07, 6.45) is -5.08.